The second kappa shape index (κ2) is 6.41. The lowest BCUT2D eigenvalue weighted by Crippen LogP contribution is -2.31. The number of hydrogen-bond donors (Lipinski definition) is 2. The molecule has 1 aromatic carbocycles. The van der Waals surface area contributed by atoms with E-state index in [1.807, 2.05) is 6.20 Å². The predicted molar refractivity (Wildman–Crippen MR) is 79.1 cm³/mol. The highest BCUT2D eigenvalue weighted by molar-refractivity contribution is 5.80. The Hall–Kier alpha value is -1.77. The lowest BCUT2D eigenvalue weighted by atomic mass is 10.0. The first-order valence-electron chi connectivity index (χ1n) is 7.08. The zero-order valence-corrected chi connectivity index (χ0v) is 11.7. The molecule has 0 saturated carbocycles. The zero-order chi connectivity index (χ0) is 13.7. The summed E-state index contributed by atoms with van der Waals surface area (Å²) in [6.45, 7) is 4.84. The maximum absolute atomic E-state index is 11.9. The Balaban J connectivity index is 1.86. The molecule has 1 amide bonds. The zero-order valence-electron chi connectivity index (χ0n) is 11.7. The molecular formula is C16H22N2O. The van der Waals surface area contributed by atoms with Crippen molar-refractivity contribution in [1.82, 2.24) is 10.3 Å². The van der Waals surface area contributed by atoms with Gasteiger partial charge in [0.25, 0.3) is 0 Å². The molecule has 2 aromatic rings. The molecule has 3 heteroatoms. The minimum Gasteiger partial charge on any atom is -0.361 e. The summed E-state index contributed by atoms with van der Waals surface area (Å²) in [5, 5.41) is 4.25. The van der Waals surface area contributed by atoms with Crippen LogP contribution in [0.15, 0.2) is 30.5 Å². The van der Waals surface area contributed by atoms with Crippen LogP contribution in [0, 0.1) is 5.92 Å². The van der Waals surface area contributed by atoms with Gasteiger partial charge in [-0.25, -0.2) is 0 Å². The smallest absolute Gasteiger partial charge is 0.223 e. The van der Waals surface area contributed by atoms with Gasteiger partial charge in [0.15, 0.2) is 0 Å². The van der Waals surface area contributed by atoms with Crippen LogP contribution >= 0.6 is 0 Å². The van der Waals surface area contributed by atoms with E-state index >= 15 is 0 Å². The number of carbonyl (C=O) groups excluding carboxylic acids is 1. The van der Waals surface area contributed by atoms with Crippen LogP contribution in [0.2, 0.25) is 0 Å². The van der Waals surface area contributed by atoms with Gasteiger partial charge in [-0.05, 0) is 48.4 Å². The Morgan fingerprint density at radius 2 is 2.05 bits per heavy atom. The quantitative estimate of drug-likeness (QED) is 0.820. The molecule has 0 bridgehead atoms. The minimum atomic E-state index is 0.159. The van der Waals surface area contributed by atoms with Gasteiger partial charge in [0.05, 0.1) is 0 Å². The predicted octanol–water partition coefficient (Wildman–Crippen LogP) is 3.26. The number of carbonyl (C=O) groups is 1. The van der Waals surface area contributed by atoms with Gasteiger partial charge in [0.1, 0.15) is 0 Å². The second-order valence-corrected chi connectivity index (χ2v) is 4.95. The van der Waals surface area contributed by atoms with Crippen LogP contribution in [0.4, 0.5) is 0 Å². The van der Waals surface area contributed by atoms with Crippen molar-refractivity contribution in [3.63, 3.8) is 0 Å². The first-order valence-corrected chi connectivity index (χ1v) is 7.08. The summed E-state index contributed by atoms with van der Waals surface area (Å²) in [6, 6.07) is 8.45. The SMILES string of the molecule is CCC(CC)C(=O)NCCc1ccc2[nH]ccc2c1. The van der Waals surface area contributed by atoms with Crippen LogP contribution in [0.25, 0.3) is 10.9 Å². The van der Waals surface area contributed by atoms with Crippen molar-refractivity contribution < 1.29 is 4.79 Å². The van der Waals surface area contributed by atoms with Crippen molar-refractivity contribution in [3.8, 4) is 0 Å². The Bertz CT molecular complexity index is 540. The molecule has 0 spiro atoms. The first-order chi connectivity index (χ1) is 9.24. The fourth-order valence-corrected chi connectivity index (χ4v) is 2.39. The number of rotatable bonds is 6. The summed E-state index contributed by atoms with van der Waals surface area (Å²) < 4.78 is 0. The largest absolute Gasteiger partial charge is 0.361 e. The molecule has 0 aliphatic heterocycles. The number of H-pyrrole nitrogens is 1. The highest BCUT2D eigenvalue weighted by Crippen LogP contribution is 2.14. The fourth-order valence-electron chi connectivity index (χ4n) is 2.39. The Morgan fingerprint density at radius 3 is 2.79 bits per heavy atom. The topological polar surface area (TPSA) is 44.9 Å². The summed E-state index contributed by atoms with van der Waals surface area (Å²) in [4.78, 5) is 15.0. The molecule has 1 heterocycles. The van der Waals surface area contributed by atoms with E-state index < -0.39 is 0 Å². The Kier molecular flexibility index (Phi) is 4.61. The third kappa shape index (κ3) is 3.37. The van der Waals surface area contributed by atoms with E-state index in [9.17, 15) is 4.79 Å². The van der Waals surface area contributed by atoms with Crippen LogP contribution < -0.4 is 5.32 Å². The molecule has 102 valence electrons. The van der Waals surface area contributed by atoms with Crippen molar-refractivity contribution in [2.75, 3.05) is 6.54 Å². The lowest BCUT2D eigenvalue weighted by Gasteiger charge is -2.12. The molecular weight excluding hydrogens is 236 g/mol. The molecule has 0 radical (unpaired) electrons. The van der Waals surface area contributed by atoms with Gasteiger partial charge < -0.3 is 10.3 Å². The summed E-state index contributed by atoms with van der Waals surface area (Å²) in [6.07, 6.45) is 4.66. The average molecular weight is 258 g/mol. The van der Waals surface area contributed by atoms with Crippen molar-refractivity contribution in [2.24, 2.45) is 5.92 Å². The maximum atomic E-state index is 11.9. The van der Waals surface area contributed by atoms with Crippen molar-refractivity contribution in [2.45, 2.75) is 33.1 Å². The number of amides is 1. The van der Waals surface area contributed by atoms with E-state index in [2.05, 4.69) is 48.4 Å². The number of aromatic nitrogens is 1. The highest BCUT2D eigenvalue weighted by atomic mass is 16.1. The molecule has 3 nitrogen and oxygen atoms in total. The van der Waals surface area contributed by atoms with Crippen molar-refractivity contribution in [3.05, 3.63) is 36.0 Å². The molecule has 0 fully saturated rings. The van der Waals surface area contributed by atoms with Gasteiger partial charge in [0, 0.05) is 24.2 Å². The minimum absolute atomic E-state index is 0.159. The Morgan fingerprint density at radius 1 is 1.26 bits per heavy atom. The second-order valence-electron chi connectivity index (χ2n) is 4.95. The van der Waals surface area contributed by atoms with Crippen molar-refractivity contribution in [1.29, 1.82) is 0 Å². The van der Waals surface area contributed by atoms with E-state index in [1.165, 1.54) is 10.9 Å². The number of hydrogen-bond acceptors (Lipinski definition) is 1. The van der Waals surface area contributed by atoms with Crippen LogP contribution in [0.3, 0.4) is 0 Å². The number of fused-ring (bicyclic) bond motifs is 1. The number of benzene rings is 1. The molecule has 2 rings (SSSR count). The van der Waals surface area contributed by atoms with Gasteiger partial charge in [-0.1, -0.05) is 19.9 Å². The number of nitrogens with one attached hydrogen (secondary N) is 2. The van der Waals surface area contributed by atoms with Gasteiger partial charge >= 0.3 is 0 Å². The third-order valence-electron chi connectivity index (χ3n) is 3.69. The van der Waals surface area contributed by atoms with Crippen molar-refractivity contribution >= 4 is 16.8 Å². The van der Waals surface area contributed by atoms with Crippen LogP contribution in [0.1, 0.15) is 32.3 Å². The molecule has 19 heavy (non-hydrogen) atoms. The molecule has 0 atom stereocenters. The number of aromatic amines is 1. The maximum Gasteiger partial charge on any atom is 0.223 e. The van der Waals surface area contributed by atoms with Crippen LogP contribution in [0.5, 0.6) is 0 Å². The van der Waals surface area contributed by atoms with Gasteiger partial charge in [-0.2, -0.15) is 0 Å². The molecule has 0 saturated heterocycles. The molecule has 0 unspecified atom stereocenters. The average Bonchev–Trinajstić information content (AvgIpc) is 2.87. The van der Waals surface area contributed by atoms with Crippen LogP contribution in [-0.2, 0) is 11.2 Å². The van der Waals surface area contributed by atoms with E-state index in [4.69, 9.17) is 0 Å². The molecule has 1 aromatic heterocycles. The summed E-state index contributed by atoms with van der Waals surface area (Å²) in [5.74, 6) is 0.347. The van der Waals surface area contributed by atoms with E-state index in [0.29, 0.717) is 6.54 Å². The summed E-state index contributed by atoms with van der Waals surface area (Å²) in [5.41, 5.74) is 2.42. The first kappa shape index (κ1) is 13.7. The van der Waals surface area contributed by atoms with Crippen LogP contribution in [-0.4, -0.2) is 17.4 Å². The molecule has 0 aliphatic carbocycles. The third-order valence-corrected chi connectivity index (χ3v) is 3.69. The van der Waals surface area contributed by atoms with Gasteiger partial charge in [-0.3, -0.25) is 4.79 Å². The fraction of sp³-hybridized carbons (Fsp3) is 0.438. The normalized spacial score (nSPS) is 11.1. The van der Waals surface area contributed by atoms with Gasteiger partial charge in [0.2, 0.25) is 5.91 Å². The van der Waals surface area contributed by atoms with E-state index in [1.54, 1.807) is 0 Å². The molecule has 0 aliphatic rings. The molecule has 2 N–H and O–H groups in total. The summed E-state index contributed by atoms with van der Waals surface area (Å²) in [7, 11) is 0. The summed E-state index contributed by atoms with van der Waals surface area (Å²) >= 11 is 0. The standard InChI is InChI=1S/C16H22N2O/c1-3-13(4-2)16(19)18-9-7-12-5-6-15-14(11-12)8-10-17-15/h5-6,8,10-11,13,17H,3-4,7,9H2,1-2H3,(H,18,19). The van der Waals surface area contributed by atoms with E-state index in [-0.39, 0.29) is 11.8 Å². The monoisotopic (exact) mass is 258 g/mol. The Labute approximate surface area is 114 Å². The van der Waals surface area contributed by atoms with E-state index in [0.717, 1.165) is 24.8 Å². The lowest BCUT2D eigenvalue weighted by molar-refractivity contribution is -0.125. The van der Waals surface area contributed by atoms with Gasteiger partial charge in [-0.15, -0.1) is 0 Å². The highest BCUT2D eigenvalue weighted by Gasteiger charge is 2.12.